The molecule has 4 heterocycles. The number of aliphatic hydroxyl groups excluding tert-OH is 2. The molecule has 4 N–H and O–H groups in total. The van der Waals surface area contributed by atoms with E-state index in [0.29, 0.717) is 24.0 Å². The highest BCUT2D eigenvalue weighted by Crippen LogP contribution is 2.33. The maximum absolute atomic E-state index is 10.4. The van der Waals surface area contributed by atoms with Gasteiger partial charge in [0.2, 0.25) is 0 Å². The molecule has 4 atom stereocenters. The van der Waals surface area contributed by atoms with Crippen molar-refractivity contribution >= 4 is 28.3 Å². The first-order chi connectivity index (χ1) is 11.6. The minimum atomic E-state index is -1.08. The van der Waals surface area contributed by atoms with Gasteiger partial charge < -0.3 is 20.7 Å². The van der Waals surface area contributed by atoms with Gasteiger partial charge in [-0.2, -0.15) is 0 Å². The Morgan fingerprint density at radius 2 is 2.08 bits per heavy atom. The molecule has 1 saturated heterocycles. The van der Waals surface area contributed by atoms with Gasteiger partial charge in [0, 0.05) is 18.0 Å². The molecule has 0 amide bonds. The molecule has 4 rings (SSSR count). The number of ether oxygens (including phenoxy) is 1. The summed E-state index contributed by atoms with van der Waals surface area (Å²) in [5.74, 6) is 0.257. The van der Waals surface area contributed by atoms with Crippen LogP contribution in [0, 0.1) is 0 Å². The third kappa shape index (κ3) is 2.53. The number of fused-ring (bicyclic) bond motifs is 1. The molecule has 1 aliphatic rings. The first kappa shape index (κ1) is 15.4. The van der Waals surface area contributed by atoms with E-state index in [1.165, 1.54) is 12.7 Å². The molecule has 0 unspecified atom stereocenters. The molecule has 3 aromatic heterocycles. The summed E-state index contributed by atoms with van der Waals surface area (Å²) in [6.07, 6.45) is 2.45. The Balaban J connectivity index is 1.56. The van der Waals surface area contributed by atoms with Crippen LogP contribution >= 0.6 is 11.3 Å². The summed E-state index contributed by atoms with van der Waals surface area (Å²) >= 11 is 1.55. The lowest BCUT2D eigenvalue weighted by atomic mass is 10.1. The number of rotatable bonds is 4. The summed E-state index contributed by atoms with van der Waals surface area (Å²) in [6, 6.07) is 0. The average molecular weight is 348 g/mol. The zero-order valence-electron chi connectivity index (χ0n) is 12.6. The summed E-state index contributed by atoms with van der Waals surface area (Å²) in [5, 5.41) is 23.5. The molecule has 10 heteroatoms. The second-order valence-electron chi connectivity index (χ2n) is 5.59. The third-order valence-electron chi connectivity index (χ3n) is 4.12. The maximum atomic E-state index is 10.4. The first-order valence-corrected chi connectivity index (χ1v) is 8.36. The number of nitrogens with two attached hydrogens (primary N) is 1. The fraction of sp³-hybridized carbons (Fsp3) is 0.429. The Labute approximate surface area is 140 Å². The van der Waals surface area contributed by atoms with Crippen LogP contribution in [-0.2, 0) is 11.2 Å². The molecule has 9 nitrogen and oxygen atoms in total. The lowest BCUT2D eigenvalue weighted by Gasteiger charge is -2.16. The van der Waals surface area contributed by atoms with Crippen molar-refractivity contribution in [1.29, 1.82) is 0 Å². The molecule has 3 aromatic rings. The van der Waals surface area contributed by atoms with Crippen LogP contribution in [0.15, 0.2) is 24.2 Å². The van der Waals surface area contributed by atoms with Gasteiger partial charge in [-0.3, -0.25) is 4.57 Å². The highest BCUT2D eigenvalue weighted by Gasteiger charge is 2.44. The van der Waals surface area contributed by atoms with Crippen molar-refractivity contribution in [3.8, 4) is 0 Å². The monoisotopic (exact) mass is 348 g/mol. The Morgan fingerprint density at radius 1 is 1.21 bits per heavy atom. The summed E-state index contributed by atoms with van der Waals surface area (Å²) < 4.78 is 7.45. The maximum Gasteiger partial charge on any atom is 0.167 e. The molecular formula is C14H16N6O3S. The van der Waals surface area contributed by atoms with Crippen molar-refractivity contribution in [3.63, 3.8) is 0 Å². The van der Waals surface area contributed by atoms with Gasteiger partial charge in [-0.25, -0.2) is 19.9 Å². The molecule has 0 saturated carbocycles. The van der Waals surface area contributed by atoms with E-state index >= 15 is 0 Å². The standard InChI is InChI=1S/C14H16N6O3S/c15-12-9-13(18-5-17-12)20(6-19-9)14-11(22)10(21)7(23-14)1-2-8-16-3-4-24-8/h3-7,10-11,14,21-22H,1-2H2,(H2,15,17,18)/t7-,10-,11-,14-/m1/s1. The fourth-order valence-electron chi connectivity index (χ4n) is 2.90. The zero-order chi connectivity index (χ0) is 16.7. The Kier molecular flexibility index (Phi) is 3.88. The molecule has 0 aromatic carbocycles. The summed E-state index contributed by atoms with van der Waals surface area (Å²) in [7, 11) is 0. The van der Waals surface area contributed by atoms with Crippen LogP contribution in [0.1, 0.15) is 17.7 Å². The summed E-state index contributed by atoms with van der Waals surface area (Å²) in [6.45, 7) is 0. The van der Waals surface area contributed by atoms with Crippen LogP contribution in [0.25, 0.3) is 11.2 Å². The van der Waals surface area contributed by atoms with Crippen LogP contribution in [0.3, 0.4) is 0 Å². The van der Waals surface area contributed by atoms with Gasteiger partial charge in [-0.1, -0.05) is 0 Å². The van der Waals surface area contributed by atoms with Crippen molar-refractivity contribution in [3.05, 3.63) is 29.2 Å². The molecule has 24 heavy (non-hydrogen) atoms. The van der Waals surface area contributed by atoms with E-state index in [0.717, 1.165) is 5.01 Å². The van der Waals surface area contributed by atoms with Gasteiger partial charge in [0.15, 0.2) is 17.7 Å². The Bertz CT molecular complexity index is 838. The number of thiazole rings is 1. The van der Waals surface area contributed by atoms with Gasteiger partial charge >= 0.3 is 0 Å². The fourth-order valence-corrected chi connectivity index (χ4v) is 3.53. The number of imidazole rings is 1. The number of nitrogen functional groups attached to an aromatic ring is 1. The van der Waals surface area contributed by atoms with Crippen molar-refractivity contribution in [2.45, 2.75) is 37.4 Å². The van der Waals surface area contributed by atoms with E-state index < -0.39 is 24.5 Å². The van der Waals surface area contributed by atoms with Gasteiger partial charge in [-0.15, -0.1) is 11.3 Å². The second-order valence-corrected chi connectivity index (χ2v) is 6.57. The molecule has 0 radical (unpaired) electrons. The lowest BCUT2D eigenvalue weighted by Crippen LogP contribution is -2.31. The quantitative estimate of drug-likeness (QED) is 0.605. The lowest BCUT2D eigenvalue weighted by molar-refractivity contribution is -0.0367. The summed E-state index contributed by atoms with van der Waals surface area (Å²) in [4.78, 5) is 16.4. The minimum Gasteiger partial charge on any atom is -0.388 e. The van der Waals surface area contributed by atoms with Crippen LogP contribution in [-0.4, -0.2) is 53.0 Å². The van der Waals surface area contributed by atoms with E-state index in [1.807, 2.05) is 5.38 Å². The van der Waals surface area contributed by atoms with Crippen LogP contribution in [0.4, 0.5) is 5.82 Å². The predicted molar refractivity (Wildman–Crippen MR) is 86.1 cm³/mol. The highest BCUT2D eigenvalue weighted by molar-refractivity contribution is 7.09. The smallest absolute Gasteiger partial charge is 0.167 e. The van der Waals surface area contributed by atoms with E-state index in [9.17, 15) is 10.2 Å². The van der Waals surface area contributed by atoms with Gasteiger partial charge in [0.25, 0.3) is 0 Å². The second kappa shape index (κ2) is 6.06. The molecular weight excluding hydrogens is 332 g/mol. The molecule has 0 bridgehead atoms. The molecule has 1 aliphatic heterocycles. The van der Waals surface area contributed by atoms with E-state index in [-0.39, 0.29) is 5.82 Å². The largest absolute Gasteiger partial charge is 0.388 e. The summed E-state index contributed by atoms with van der Waals surface area (Å²) in [5.41, 5.74) is 6.67. The van der Waals surface area contributed by atoms with Crippen molar-refractivity contribution < 1.29 is 14.9 Å². The van der Waals surface area contributed by atoms with Crippen LogP contribution < -0.4 is 5.73 Å². The first-order valence-electron chi connectivity index (χ1n) is 7.48. The van der Waals surface area contributed by atoms with E-state index in [1.54, 1.807) is 22.1 Å². The number of anilines is 1. The SMILES string of the molecule is Nc1ncnc2c1ncn2[C@@H]1O[C@H](CCc2nccs2)[C@@H](O)[C@H]1O. The van der Waals surface area contributed by atoms with Gasteiger partial charge in [0.05, 0.1) is 17.4 Å². The predicted octanol–water partition coefficient (Wildman–Crippen LogP) is 0.117. The number of nitrogens with zero attached hydrogens (tertiary/aromatic N) is 5. The minimum absolute atomic E-state index is 0.257. The van der Waals surface area contributed by atoms with Crippen molar-refractivity contribution in [1.82, 2.24) is 24.5 Å². The zero-order valence-corrected chi connectivity index (χ0v) is 13.4. The number of aryl methyl sites for hydroxylation is 1. The van der Waals surface area contributed by atoms with Crippen molar-refractivity contribution in [2.24, 2.45) is 0 Å². The molecule has 1 fully saturated rings. The Morgan fingerprint density at radius 3 is 2.88 bits per heavy atom. The normalized spacial score (nSPS) is 27.1. The van der Waals surface area contributed by atoms with E-state index in [2.05, 4.69) is 19.9 Å². The molecule has 126 valence electrons. The topological polar surface area (TPSA) is 132 Å². The third-order valence-corrected chi connectivity index (χ3v) is 4.96. The number of aliphatic hydroxyl groups is 2. The highest BCUT2D eigenvalue weighted by atomic mass is 32.1. The van der Waals surface area contributed by atoms with Crippen LogP contribution in [0.5, 0.6) is 0 Å². The number of hydrogen-bond acceptors (Lipinski definition) is 9. The van der Waals surface area contributed by atoms with Crippen molar-refractivity contribution in [2.75, 3.05) is 5.73 Å². The number of hydrogen-bond donors (Lipinski definition) is 3. The number of aromatic nitrogens is 5. The average Bonchev–Trinajstić information content (AvgIpc) is 3.28. The molecule has 0 spiro atoms. The molecule has 0 aliphatic carbocycles. The van der Waals surface area contributed by atoms with Crippen LogP contribution in [0.2, 0.25) is 0 Å². The van der Waals surface area contributed by atoms with E-state index in [4.69, 9.17) is 10.5 Å². The Hall–Kier alpha value is -2.14. The van der Waals surface area contributed by atoms with Gasteiger partial charge in [0.1, 0.15) is 24.1 Å². The van der Waals surface area contributed by atoms with Gasteiger partial charge in [-0.05, 0) is 6.42 Å².